The summed E-state index contributed by atoms with van der Waals surface area (Å²) in [7, 11) is 0. The summed E-state index contributed by atoms with van der Waals surface area (Å²) in [4.78, 5) is 37.2. The van der Waals surface area contributed by atoms with E-state index in [-0.39, 0.29) is 25.0 Å². The highest BCUT2D eigenvalue weighted by Gasteiger charge is 2.28. The lowest BCUT2D eigenvalue weighted by molar-refractivity contribution is -0.149. The lowest BCUT2D eigenvalue weighted by atomic mass is 9.93. The van der Waals surface area contributed by atoms with Crippen molar-refractivity contribution in [2.45, 2.75) is 53.4 Å². The molecule has 25 heavy (non-hydrogen) atoms. The van der Waals surface area contributed by atoms with Gasteiger partial charge in [0.25, 0.3) is 5.91 Å². The lowest BCUT2D eigenvalue weighted by Gasteiger charge is -2.16. The first kappa shape index (κ1) is 19.4. The molecule has 0 saturated heterocycles. The fourth-order valence-electron chi connectivity index (χ4n) is 2.70. The zero-order valence-electron chi connectivity index (χ0n) is 15.2. The average molecular weight is 367 g/mol. The molecule has 0 spiro atoms. The van der Waals surface area contributed by atoms with Gasteiger partial charge in [0.15, 0.2) is 6.61 Å². The number of amides is 1. The Morgan fingerprint density at radius 3 is 2.52 bits per heavy atom. The Kier molecular flexibility index (Phi) is 6.21. The summed E-state index contributed by atoms with van der Waals surface area (Å²) >= 11 is 1.40. The number of esters is 2. The second kappa shape index (κ2) is 7.99. The molecule has 138 valence electrons. The minimum atomic E-state index is -0.451. The third kappa shape index (κ3) is 5.29. The van der Waals surface area contributed by atoms with Crippen LogP contribution in [0.1, 0.15) is 61.3 Å². The van der Waals surface area contributed by atoms with E-state index in [2.05, 4.69) is 5.32 Å². The molecule has 1 aromatic heterocycles. The molecule has 1 heterocycles. The molecule has 0 aliphatic heterocycles. The van der Waals surface area contributed by atoms with Crippen LogP contribution in [0.25, 0.3) is 0 Å². The minimum absolute atomic E-state index is 0.195. The molecule has 0 fully saturated rings. The molecule has 2 rings (SSSR count). The largest absolute Gasteiger partial charge is 0.462 e. The van der Waals surface area contributed by atoms with Crippen LogP contribution >= 0.6 is 11.3 Å². The lowest BCUT2D eigenvalue weighted by Crippen LogP contribution is -2.23. The van der Waals surface area contributed by atoms with Gasteiger partial charge in [0, 0.05) is 4.88 Å². The van der Waals surface area contributed by atoms with Crippen molar-refractivity contribution in [3.8, 4) is 0 Å². The van der Waals surface area contributed by atoms with Gasteiger partial charge in [-0.1, -0.05) is 20.8 Å². The maximum atomic E-state index is 12.2. The van der Waals surface area contributed by atoms with Gasteiger partial charge in [-0.2, -0.15) is 0 Å². The molecular formula is C18H25NO5S. The van der Waals surface area contributed by atoms with Gasteiger partial charge in [-0.25, -0.2) is 4.79 Å². The van der Waals surface area contributed by atoms with Crippen molar-refractivity contribution < 1.29 is 23.9 Å². The number of carbonyl (C=O) groups is 3. The van der Waals surface area contributed by atoms with Crippen LogP contribution in [0.4, 0.5) is 5.00 Å². The Morgan fingerprint density at radius 2 is 1.88 bits per heavy atom. The van der Waals surface area contributed by atoms with Crippen LogP contribution in [0.15, 0.2) is 0 Å². The first-order valence-electron chi connectivity index (χ1n) is 8.48. The second-order valence-corrected chi connectivity index (χ2v) is 8.33. The van der Waals surface area contributed by atoms with Crippen LogP contribution < -0.4 is 5.32 Å². The number of thiophene rings is 1. The van der Waals surface area contributed by atoms with Gasteiger partial charge in [0.1, 0.15) is 5.00 Å². The first-order valence-corrected chi connectivity index (χ1v) is 9.30. The van der Waals surface area contributed by atoms with Gasteiger partial charge >= 0.3 is 11.9 Å². The van der Waals surface area contributed by atoms with E-state index < -0.39 is 17.8 Å². The smallest absolute Gasteiger partial charge is 0.341 e. The molecule has 6 nitrogen and oxygen atoms in total. The van der Waals surface area contributed by atoms with Gasteiger partial charge in [-0.15, -0.1) is 11.3 Å². The SMILES string of the molecule is CCOC(=O)c1c(NC(=O)COC(=O)CC(C)(C)C)sc2c1CCC2. The Hall–Kier alpha value is -1.89. The second-order valence-electron chi connectivity index (χ2n) is 7.23. The molecule has 0 atom stereocenters. The summed E-state index contributed by atoms with van der Waals surface area (Å²) in [5, 5.41) is 3.19. The fourth-order valence-corrected chi connectivity index (χ4v) is 4.00. The molecule has 0 bridgehead atoms. The van der Waals surface area contributed by atoms with Gasteiger partial charge in [-0.3, -0.25) is 9.59 Å². The predicted molar refractivity (Wildman–Crippen MR) is 96.0 cm³/mol. The molecule has 1 N–H and O–H groups in total. The molecule has 0 aromatic carbocycles. The molecular weight excluding hydrogens is 342 g/mol. The van der Waals surface area contributed by atoms with Crippen molar-refractivity contribution in [1.29, 1.82) is 0 Å². The summed E-state index contributed by atoms with van der Waals surface area (Å²) in [6.45, 7) is 7.44. The normalized spacial score (nSPS) is 13.3. The summed E-state index contributed by atoms with van der Waals surface area (Å²) in [6.07, 6.45) is 2.97. The summed E-state index contributed by atoms with van der Waals surface area (Å²) in [5.74, 6) is -1.28. The first-order chi connectivity index (χ1) is 11.7. The molecule has 1 aromatic rings. The highest BCUT2D eigenvalue weighted by Crippen LogP contribution is 2.39. The van der Waals surface area contributed by atoms with Crippen molar-refractivity contribution in [2.75, 3.05) is 18.5 Å². The Labute approximate surface area is 151 Å². The molecule has 0 radical (unpaired) electrons. The fraction of sp³-hybridized carbons (Fsp3) is 0.611. The number of carbonyl (C=O) groups excluding carboxylic acids is 3. The molecule has 0 unspecified atom stereocenters. The van der Waals surface area contributed by atoms with E-state index in [0.29, 0.717) is 10.6 Å². The number of hydrogen-bond acceptors (Lipinski definition) is 6. The van der Waals surface area contributed by atoms with Crippen LogP contribution in [0.2, 0.25) is 0 Å². The molecule has 7 heteroatoms. The summed E-state index contributed by atoms with van der Waals surface area (Å²) in [5.41, 5.74) is 1.23. The van der Waals surface area contributed by atoms with Crippen LogP contribution in [-0.2, 0) is 31.9 Å². The zero-order chi connectivity index (χ0) is 18.6. The third-order valence-corrected chi connectivity index (χ3v) is 4.90. The minimum Gasteiger partial charge on any atom is -0.462 e. The van der Waals surface area contributed by atoms with Crippen molar-refractivity contribution >= 4 is 34.2 Å². The molecule has 1 aliphatic carbocycles. The number of aryl methyl sites for hydroxylation is 1. The van der Waals surface area contributed by atoms with Crippen LogP contribution in [0, 0.1) is 5.41 Å². The summed E-state index contributed by atoms with van der Waals surface area (Å²) in [6, 6.07) is 0. The standard InChI is InChI=1S/C18H25NO5S/c1-5-23-17(22)15-11-7-6-8-12(11)25-16(15)19-13(20)10-24-14(21)9-18(2,3)4/h5-10H2,1-4H3,(H,19,20). The predicted octanol–water partition coefficient (Wildman–Crippen LogP) is 3.33. The highest BCUT2D eigenvalue weighted by atomic mass is 32.1. The van der Waals surface area contributed by atoms with E-state index in [0.717, 1.165) is 29.7 Å². The van der Waals surface area contributed by atoms with Gasteiger partial charge in [-0.05, 0) is 37.2 Å². The molecule has 1 amide bonds. The van der Waals surface area contributed by atoms with E-state index in [1.807, 2.05) is 20.8 Å². The molecule has 0 saturated carbocycles. The highest BCUT2D eigenvalue weighted by molar-refractivity contribution is 7.17. The monoisotopic (exact) mass is 367 g/mol. The zero-order valence-corrected chi connectivity index (χ0v) is 16.0. The number of ether oxygens (including phenoxy) is 2. The van der Waals surface area contributed by atoms with E-state index in [9.17, 15) is 14.4 Å². The number of fused-ring (bicyclic) bond motifs is 1. The van der Waals surface area contributed by atoms with E-state index in [1.165, 1.54) is 11.3 Å². The van der Waals surface area contributed by atoms with Crippen molar-refractivity contribution in [3.05, 3.63) is 16.0 Å². The number of nitrogens with one attached hydrogen (secondary N) is 1. The maximum absolute atomic E-state index is 12.2. The van der Waals surface area contributed by atoms with Crippen molar-refractivity contribution in [3.63, 3.8) is 0 Å². The quantitative estimate of drug-likeness (QED) is 0.780. The Bertz CT molecular complexity index is 672. The Morgan fingerprint density at radius 1 is 1.16 bits per heavy atom. The van der Waals surface area contributed by atoms with E-state index >= 15 is 0 Å². The number of hydrogen-bond donors (Lipinski definition) is 1. The van der Waals surface area contributed by atoms with Crippen LogP contribution in [0.3, 0.4) is 0 Å². The van der Waals surface area contributed by atoms with Crippen LogP contribution in [-0.4, -0.2) is 31.1 Å². The van der Waals surface area contributed by atoms with Gasteiger partial charge in [0.2, 0.25) is 0 Å². The van der Waals surface area contributed by atoms with Crippen LogP contribution in [0.5, 0.6) is 0 Å². The van der Waals surface area contributed by atoms with Gasteiger partial charge in [0.05, 0.1) is 18.6 Å². The van der Waals surface area contributed by atoms with E-state index in [4.69, 9.17) is 9.47 Å². The maximum Gasteiger partial charge on any atom is 0.341 e. The van der Waals surface area contributed by atoms with E-state index in [1.54, 1.807) is 6.92 Å². The number of rotatable bonds is 6. The third-order valence-electron chi connectivity index (χ3n) is 3.69. The topological polar surface area (TPSA) is 81.7 Å². The van der Waals surface area contributed by atoms with Gasteiger partial charge < -0.3 is 14.8 Å². The summed E-state index contributed by atoms with van der Waals surface area (Å²) < 4.78 is 10.1. The van der Waals surface area contributed by atoms with Crippen molar-refractivity contribution in [1.82, 2.24) is 0 Å². The average Bonchev–Trinajstić information content (AvgIpc) is 3.03. The Balaban J connectivity index is 2.01. The molecule has 1 aliphatic rings. The van der Waals surface area contributed by atoms with Crippen molar-refractivity contribution in [2.24, 2.45) is 5.41 Å². The number of anilines is 1.